The molecule has 18 heavy (non-hydrogen) atoms. The predicted molar refractivity (Wildman–Crippen MR) is 66.1 cm³/mol. The molecule has 0 atom stereocenters. The summed E-state index contributed by atoms with van der Waals surface area (Å²) in [5.74, 6) is 0.0532. The van der Waals surface area contributed by atoms with Crippen molar-refractivity contribution in [2.24, 2.45) is 5.73 Å². The van der Waals surface area contributed by atoms with E-state index in [0.717, 1.165) is 31.6 Å². The fourth-order valence-electron chi connectivity index (χ4n) is 2.24. The van der Waals surface area contributed by atoms with Crippen LogP contribution in [0.3, 0.4) is 0 Å². The Balaban J connectivity index is 1.82. The Kier molecular flexibility index (Phi) is 2.71. The molecule has 0 aromatic carbocycles. The quantitative estimate of drug-likeness (QED) is 0.783. The fraction of sp³-hybridized carbons (Fsp3) is 0.417. The highest BCUT2D eigenvalue weighted by atomic mass is 16.2. The maximum Gasteiger partial charge on any atom is 0.255 e. The van der Waals surface area contributed by atoms with E-state index in [4.69, 9.17) is 5.73 Å². The van der Waals surface area contributed by atoms with E-state index in [1.807, 2.05) is 4.90 Å². The molecule has 2 N–H and O–H groups in total. The van der Waals surface area contributed by atoms with E-state index in [-0.39, 0.29) is 11.9 Å². The first-order valence-electron chi connectivity index (χ1n) is 6.08. The van der Waals surface area contributed by atoms with Crippen molar-refractivity contribution in [1.29, 1.82) is 0 Å². The Hall–Kier alpha value is -1.95. The van der Waals surface area contributed by atoms with Crippen LogP contribution in [-0.2, 0) is 0 Å². The van der Waals surface area contributed by atoms with Crippen molar-refractivity contribution in [1.82, 2.24) is 19.5 Å². The molecule has 0 radical (unpaired) electrons. The van der Waals surface area contributed by atoms with Crippen molar-refractivity contribution in [2.75, 3.05) is 13.1 Å². The molecule has 0 bridgehead atoms. The number of likely N-dealkylation sites (tertiary alicyclic amines) is 1. The SMILES string of the molecule is NC1CCN(C(=O)c2ccc3nncn3c2)CC1. The predicted octanol–water partition coefficient (Wildman–Crippen LogP) is 0.293. The van der Waals surface area contributed by atoms with Crippen LogP contribution in [0.25, 0.3) is 5.65 Å². The lowest BCUT2D eigenvalue weighted by molar-refractivity contribution is 0.0714. The summed E-state index contributed by atoms with van der Waals surface area (Å²) in [5.41, 5.74) is 7.25. The summed E-state index contributed by atoms with van der Waals surface area (Å²) in [5, 5.41) is 7.71. The number of amides is 1. The molecule has 1 amide bonds. The summed E-state index contributed by atoms with van der Waals surface area (Å²) in [4.78, 5) is 14.2. The van der Waals surface area contributed by atoms with Gasteiger partial charge in [-0.2, -0.15) is 0 Å². The van der Waals surface area contributed by atoms with Crippen molar-refractivity contribution in [2.45, 2.75) is 18.9 Å². The number of carbonyl (C=O) groups excluding carboxylic acids is 1. The number of hydrogen-bond donors (Lipinski definition) is 1. The molecule has 0 saturated carbocycles. The van der Waals surface area contributed by atoms with Crippen molar-refractivity contribution >= 4 is 11.6 Å². The highest BCUT2D eigenvalue weighted by Crippen LogP contribution is 2.13. The lowest BCUT2D eigenvalue weighted by atomic mass is 10.1. The smallest absolute Gasteiger partial charge is 0.255 e. The van der Waals surface area contributed by atoms with E-state index in [1.54, 1.807) is 29.1 Å². The molecule has 0 unspecified atom stereocenters. The summed E-state index contributed by atoms with van der Waals surface area (Å²) in [6, 6.07) is 3.82. The third-order valence-electron chi connectivity index (χ3n) is 3.36. The Morgan fingerprint density at radius 1 is 1.33 bits per heavy atom. The second-order valence-electron chi connectivity index (χ2n) is 4.64. The fourth-order valence-corrected chi connectivity index (χ4v) is 2.24. The van der Waals surface area contributed by atoms with Crippen LogP contribution in [-0.4, -0.2) is 44.5 Å². The molecule has 1 saturated heterocycles. The third-order valence-corrected chi connectivity index (χ3v) is 3.36. The number of nitrogens with zero attached hydrogens (tertiary/aromatic N) is 4. The molecule has 6 heteroatoms. The van der Waals surface area contributed by atoms with Gasteiger partial charge in [-0.25, -0.2) is 0 Å². The van der Waals surface area contributed by atoms with Gasteiger partial charge in [0.2, 0.25) is 0 Å². The van der Waals surface area contributed by atoms with Gasteiger partial charge in [0.1, 0.15) is 6.33 Å². The molecule has 2 aromatic heterocycles. The van der Waals surface area contributed by atoms with Gasteiger partial charge in [0, 0.05) is 25.3 Å². The minimum atomic E-state index is 0.0532. The average molecular weight is 245 g/mol. The number of carbonyl (C=O) groups is 1. The number of pyridine rings is 1. The molecular formula is C12H15N5O. The second-order valence-corrected chi connectivity index (χ2v) is 4.64. The largest absolute Gasteiger partial charge is 0.338 e. The van der Waals surface area contributed by atoms with Gasteiger partial charge in [0.25, 0.3) is 5.91 Å². The maximum absolute atomic E-state index is 12.3. The number of rotatable bonds is 1. The van der Waals surface area contributed by atoms with Crippen LogP contribution in [0.1, 0.15) is 23.2 Å². The molecule has 1 fully saturated rings. The van der Waals surface area contributed by atoms with Crippen LogP contribution in [0.15, 0.2) is 24.7 Å². The zero-order valence-electron chi connectivity index (χ0n) is 9.99. The standard InChI is InChI=1S/C12H15N5O/c13-10-3-5-16(6-4-10)12(18)9-1-2-11-15-14-8-17(11)7-9/h1-2,7-8,10H,3-6,13H2. The van der Waals surface area contributed by atoms with Crippen LogP contribution in [0, 0.1) is 0 Å². The first-order chi connectivity index (χ1) is 8.74. The maximum atomic E-state index is 12.3. The van der Waals surface area contributed by atoms with Gasteiger partial charge in [-0.15, -0.1) is 10.2 Å². The highest BCUT2D eigenvalue weighted by molar-refractivity contribution is 5.94. The lowest BCUT2D eigenvalue weighted by Gasteiger charge is -2.30. The molecule has 0 spiro atoms. The average Bonchev–Trinajstić information content (AvgIpc) is 2.86. The minimum Gasteiger partial charge on any atom is -0.338 e. The summed E-state index contributed by atoms with van der Waals surface area (Å²) < 4.78 is 1.75. The zero-order valence-corrected chi connectivity index (χ0v) is 9.99. The van der Waals surface area contributed by atoms with Crippen molar-refractivity contribution in [3.05, 3.63) is 30.2 Å². The number of piperidine rings is 1. The number of fused-ring (bicyclic) bond motifs is 1. The van der Waals surface area contributed by atoms with Crippen LogP contribution in [0.5, 0.6) is 0 Å². The van der Waals surface area contributed by atoms with E-state index in [0.29, 0.717) is 5.56 Å². The van der Waals surface area contributed by atoms with Crippen LogP contribution >= 0.6 is 0 Å². The normalized spacial score (nSPS) is 17.3. The zero-order chi connectivity index (χ0) is 12.5. The highest BCUT2D eigenvalue weighted by Gasteiger charge is 2.21. The van der Waals surface area contributed by atoms with Crippen molar-refractivity contribution in [3.63, 3.8) is 0 Å². The Bertz CT molecular complexity index is 571. The molecule has 2 aromatic rings. The minimum absolute atomic E-state index is 0.0532. The van der Waals surface area contributed by atoms with Gasteiger partial charge in [0.05, 0.1) is 5.56 Å². The number of hydrogen-bond acceptors (Lipinski definition) is 4. The summed E-state index contributed by atoms with van der Waals surface area (Å²) in [6.45, 7) is 1.47. The number of aromatic nitrogens is 3. The van der Waals surface area contributed by atoms with E-state index in [9.17, 15) is 4.79 Å². The first-order valence-corrected chi connectivity index (χ1v) is 6.08. The van der Waals surface area contributed by atoms with Crippen LogP contribution in [0.2, 0.25) is 0 Å². The van der Waals surface area contributed by atoms with E-state index in [1.165, 1.54) is 0 Å². The van der Waals surface area contributed by atoms with Crippen LogP contribution in [0.4, 0.5) is 0 Å². The van der Waals surface area contributed by atoms with Gasteiger partial charge in [-0.1, -0.05) is 0 Å². The summed E-state index contributed by atoms with van der Waals surface area (Å²) in [7, 11) is 0. The molecular weight excluding hydrogens is 230 g/mol. The molecule has 0 aliphatic carbocycles. The number of nitrogens with two attached hydrogens (primary N) is 1. The molecule has 3 rings (SSSR count). The molecule has 1 aliphatic heterocycles. The Labute approximate surface area is 104 Å². The lowest BCUT2D eigenvalue weighted by Crippen LogP contribution is -2.42. The van der Waals surface area contributed by atoms with Crippen molar-refractivity contribution < 1.29 is 4.79 Å². The topological polar surface area (TPSA) is 76.5 Å². The van der Waals surface area contributed by atoms with Gasteiger partial charge in [-0.05, 0) is 25.0 Å². The third kappa shape index (κ3) is 1.95. The monoisotopic (exact) mass is 245 g/mol. The van der Waals surface area contributed by atoms with Gasteiger partial charge >= 0.3 is 0 Å². The second kappa shape index (κ2) is 4.38. The first kappa shape index (κ1) is 11.2. The molecule has 94 valence electrons. The summed E-state index contributed by atoms with van der Waals surface area (Å²) >= 11 is 0. The summed E-state index contributed by atoms with van der Waals surface area (Å²) in [6.07, 6.45) is 5.12. The Morgan fingerprint density at radius 2 is 2.11 bits per heavy atom. The van der Waals surface area contributed by atoms with E-state index >= 15 is 0 Å². The molecule has 3 heterocycles. The molecule has 6 nitrogen and oxygen atoms in total. The van der Waals surface area contributed by atoms with E-state index < -0.39 is 0 Å². The molecule has 1 aliphatic rings. The van der Waals surface area contributed by atoms with E-state index in [2.05, 4.69) is 10.2 Å². The van der Waals surface area contributed by atoms with Gasteiger partial charge in [0.15, 0.2) is 5.65 Å². The van der Waals surface area contributed by atoms with Gasteiger partial charge in [-0.3, -0.25) is 9.20 Å². The van der Waals surface area contributed by atoms with Crippen molar-refractivity contribution in [3.8, 4) is 0 Å². The van der Waals surface area contributed by atoms with Gasteiger partial charge < -0.3 is 10.6 Å². The van der Waals surface area contributed by atoms with Crippen LogP contribution < -0.4 is 5.73 Å². The Morgan fingerprint density at radius 3 is 2.89 bits per heavy atom.